The summed E-state index contributed by atoms with van der Waals surface area (Å²) < 4.78 is 11.0. The van der Waals surface area contributed by atoms with Gasteiger partial charge in [0, 0.05) is 24.8 Å². The summed E-state index contributed by atoms with van der Waals surface area (Å²) in [7, 11) is 0. The van der Waals surface area contributed by atoms with Crippen LogP contribution in [0.25, 0.3) is 11.1 Å². The van der Waals surface area contributed by atoms with Crippen molar-refractivity contribution in [3.63, 3.8) is 0 Å². The largest absolute Gasteiger partial charge is 0.494 e. The highest BCUT2D eigenvalue weighted by atomic mass is 16.5. The van der Waals surface area contributed by atoms with Gasteiger partial charge in [-0.05, 0) is 30.2 Å². The van der Waals surface area contributed by atoms with E-state index in [4.69, 9.17) is 9.47 Å². The Labute approximate surface area is 136 Å². The van der Waals surface area contributed by atoms with Crippen LogP contribution in [0, 0.1) is 0 Å². The molecule has 0 bridgehead atoms. The van der Waals surface area contributed by atoms with E-state index in [0.717, 1.165) is 23.3 Å². The van der Waals surface area contributed by atoms with Gasteiger partial charge in [0.2, 0.25) is 0 Å². The summed E-state index contributed by atoms with van der Waals surface area (Å²) in [6.07, 6.45) is 2.85. The van der Waals surface area contributed by atoms with E-state index in [0.29, 0.717) is 38.6 Å². The molecule has 0 spiro atoms. The number of amides is 1. The molecule has 3 rings (SSSR count). The van der Waals surface area contributed by atoms with Crippen LogP contribution in [0.1, 0.15) is 23.8 Å². The molecule has 5 nitrogen and oxygen atoms in total. The first-order chi connectivity index (χ1) is 11.3. The molecule has 0 atom stereocenters. The van der Waals surface area contributed by atoms with E-state index in [1.165, 1.54) is 0 Å². The van der Waals surface area contributed by atoms with Crippen LogP contribution in [0.5, 0.6) is 5.75 Å². The molecular formula is C18H22N2O3. The summed E-state index contributed by atoms with van der Waals surface area (Å²) in [5.74, 6) is 0.879. The second kappa shape index (κ2) is 7.33. The molecule has 0 saturated carbocycles. The van der Waals surface area contributed by atoms with Crippen LogP contribution in [0.4, 0.5) is 0 Å². The van der Waals surface area contributed by atoms with Crippen molar-refractivity contribution in [3.05, 3.63) is 42.2 Å². The number of hydrogen-bond donors (Lipinski definition) is 1. The van der Waals surface area contributed by atoms with E-state index in [1.807, 2.05) is 41.4 Å². The van der Waals surface area contributed by atoms with E-state index in [2.05, 4.69) is 11.9 Å². The molecule has 0 unspecified atom stereocenters. The van der Waals surface area contributed by atoms with Crippen LogP contribution in [0.2, 0.25) is 0 Å². The molecule has 1 saturated heterocycles. The van der Waals surface area contributed by atoms with E-state index >= 15 is 0 Å². The number of ether oxygens (including phenoxy) is 2. The zero-order valence-electron chi connectivity index (χ0n) is 13.4. The lowest BCUT2D eigenvalue weighted by Crippen LogP contribution is -2.40. The Morgan fingerprint density at radius 3 is 2.87 bits per heavy atom. The average Bonchev–Trinajstić information content (AvgIpc) is 3.10. The number of nitrogens with one attached hydrogen (secondary N) is 1. The smallest absolute Gasteiger partial charge is 0.270 e. The van der Waals surface area contributed by atoms with Crippen molar-refractivity contribution in [2.24, 2.45) is 0 Å². The van der Waals surface area contributed by atoms with Gasteiger partial charge in [0.1, 0.15) is 11.4 Å². The quantitative estimate of drug-likeness (QED) is 0.923. The van der Waals surface area contributed by atoms with Crippen molar-refractivity contribution in [3.8, 4) is 16.9 Å². The molecule has 0 aliphatic carbocycles. The van der Waals surface area contributed by atoms with Crippen molar-refractivity contribution >= 4 is 5.91 Å². The van der Waals surface area contributed by atoms with Crippen molar-refractivity contribution in [1.82, 2.24) is 9.88 Å². The zero-order valence-corrected chi connectivity index (χ0v) is 13.4. The third kappa shape index (κ3) is 3.74. The van der Waals surface area contributed by atoms with Gasteiger partial charge in [-0.2, -0.15) is 0 Å². The van der Waals surface area contributed by atoms with Crippen LogP contribution in [-0.2, 0) is 4.74 Å². The lowest BCUT2D eigenvalue weighted by Gasteiger charge is -2.26. The Morgan fingerprint density at radius 2 is 2.09 bits per heavy atom. The zero-order chi connectivity index (χ0) is 16.1. The Kier molecular flexibility index (Phi) is 4.98. The summed E-state index contributed by atoms with van der Waals surface area (Å²) in [5, 5.41) is 0. The van der Waals surface area contributed by atoms with Crippen molar-refractivity contribution in [1.29, 1.82) is 0 Å². The SMILES string of the molecule is CCCOc1cccc(-c2c[nH]c(C(=O)N3CCOCC3)c2)c1. The maximum absolute atomic E-state index is 12.5. The van der Waals surface area contributed by atoms with E-state index < -0.39 is 0 Å². The number of benzene rings is 1. The van der Waals surface area contributed by atoms with Crippen LogP contribution in [0.15, 0.2) is 36.5 Å². The first-order valence-electron chi connectivity index (χ1n) is 8.06. The molecule has 2 heterocycles. The monoisotopic (exact) mass is 314 g/mol. The highest BCUT2D eigenvalue weighted by Gasteiger charge is 2.20. The van der Waals surface area contributed by atoms with Gasteiger partial charge in [0.25, 0.3) is 5.91 Å². The van der Waals surface area contributed by atoms with E-state index in [-0.39, 0.29) is 5.91 Å². The van der Waals surface area contributed by atoms with Gasteiger partial charge in [-0.25, -0.2) is 0 Å². The maximum atomic E-state index is 12.5. The molecule has 1 N–H and O–H groups in total. The van der Waals surface area contributed by atoms with Crippen LogP contribution in [-0.4, -0.2) is 48.7 Å². The minimum Gasteiger partial charge on any atom is -0.494 e. The molecule has 1 aromatic carbocycles. The normalized spacial score (nSPS) is 14.7. The highest BCUT2D eigenvalue weighted by molar-refractivity contribution is 5.94. The third-order valence-corrected chi connectivity index (χ3v) is 3.85. The Bertz CT molecular complexity index is 660. The Balaban J connectivity index is 1.74. The molecule has 1 aliphatic rings. The summed E-state index contributed by atoms with van der Waals surface area (Å²) in [5.41, 5.74) is 2.64. The number of aromatic amines is 1. The van der Waals surface area contributed by atoms with Gasteiger partial charge in [-0.3, -0.25) is 4.79 Å². The fourth-order valence-electron chi connectivity index (χ4n) is 2.61. The number of rotatable bonds is 5. The predicted octanol–water partition coefficient (Wildman–Crippen LogP) is 2.94. The standard InChI is InChI=1S/C18H22N2O3/c1-2-8-23-16-5-3-4-14(11-16)15-12-17(19-13-15)18(21)20-6-9-22-10-7-20/h3-5,11-13,19H,2,6-10H2,1H3. The first kappa shape index (κ1) is 15.6. The number of H-pyrrole nitrogens is 1. The maximum Gasteiger partial charge on any atom is 0.270 e. The topological polar surface area (TPSA) is 54.6 Å². The molecule has 1 fully saturated rings. The minimum absolute atomic E-state index is 0.0259. The average molecular weight is 314 g/mol. The molecular weight excluding hydrogens is 292 g/mol. The molecule has 1 aliphatic heterocycles. The number of carbonyl (C=O) groups is 1. The lowest BCUT2D eigenvalue weighted by molar-refractivity contribution is 0.0299. The minimum atomic E-state index is 0.0259. The van der Waals surface area contributed by atoms with Crippen LogP contribution < -0.4 is 4.74 Å². The van der Waals surface area contributed by atoms with Gasteiger partial charge in [0.05, 0.1) is 19.8 Å². The van der Waals surface area contributed by atoms with Crippen molar-refractivity contribution in [2.45, 2.75) is 13.3 Å². The number of aromatic nitrogens is 1. The Hall–Kier alpha value is -2.27. The number of morpholine rings is 1. The molecule has 23 heavy (non-hydrogen) atoms. The van der Waals surface area contributed by atoms with Crippen molar-refractivity contribution < 1.29 is 14.3 Å². The molecule has 1 amide bonds. The number of carbonyl (C=O) groups excluding carboxylic acids is 1. The summed E-state index contributed by atoms with van der Waals surface area (Å²) in [6.45, 7) is 5.30. The van der Waals surface area contributed by atoms with Gasteiger partial charge in [-0.15, -0.1) is 0 Å². The molecule has 2 aromatic rings. The van der Waals surface area contributed by atoms with Crippen molar-refractivity contribution in [2.75, 3.05) is 32.9 Å². The Morgan fingerprint density at radius 1 is 1.26 bits per heavy atom. The number of hydrogen-bond acceptors (Lipinski definition) is 3. The third-order valence-electron chi connectivity index (χ3n) is 3.85. The molecule has 5 heteroatoms. The highest BCUT2D eigenvalue weighted by Crippen LogP contribution is 2.25. The molecule has 1 aromatic heterocycles. The molecule has 122 valence electrons. The van der Waals surface area contributed by atoms with Gasteiger partial charge in [0.15, 0.2) is 0 Å². The molecule has 0 radical (unpaired) electrons. The van der Waals surface area contributed by atoms with Crippen LogP contribution in [0.3, 0.4) is 0 Å². The predicted molar refractivity (Wildman–Crippen MR) is 88.7 cm³/mol. The summed E-state index contributed by atoms with van der Waals surface area (Å²) >= 11 is 0. The summed E-state index contributed by atoms with van der Waals surface area (Å²) in [6, 6.07) is 9.84. The second-order valence-corrected chi connectivity index (χ2v) is 5.58. The fraction of sp³-hybridized carbons (Fsp3) is 0.389. The van der Waals surface area contributed by atoms with Gasteiger partial charge >= 0.3 is 0 Å². The second-order valence-electron chi connectivity index (χ2n) is 5.58. The van der Waals surface area contributed by atoms with E-state index in [1.54, 1.807) is 0 Å². The number of nitrogens with zero attached hydrogens (tertiary/aromatic N) is 1. The van der Waals surface area contributed by atoms with Gasteiger partial charge < -0.3 is 19.4 Å². The van der Waals surface area contributed by atoms with E-state index in [9.17, 15) is 4.79 Å². The fourth-order valence-corrected chi connectivity index (χ4v) is 2.61. The van der Waals surface area contributed by atoms with Gasteiger partial charge in [-0.1, -0.05) is 19.1 Å². The summed E-state index contributed by atoms with van der Waals surface area (Å²) in [4.78, 5) is 17.4. The lowest BCUT2D eigenvalue weighted by atomic mass is 10.1. The first-order valence-corrected chi connectivity index (χ1v) is 8.06. The van der Waals surface area contributed by atoms with Crippen LogP contribution >= 0.6 is 0 Å².